The van der Waals surface area contributed by atoms with Crippen LogP contribution in [0.15, 0.2) is 47.4 Å². The van der Waals surface area contributed by atoms with Crippen molar-refractivity contribution in [1.29, 1.82) is 0 Å². The fourth-order valence-electron chi connectivity index (χ4n) is 4.10. The number of pyridine rings is 2. The van der Waals surface area contributed by atoms with Crippen molar-refractivity contribution in [2.75, 3.05) is 35.7 Å². The number of ether oxygens (including phenoxy) is 1. The highest BCUT2D eigenvalue weighted by atomic mass is 19.1. The molecule has 1 aliphatic rings. The summed E-state index contributed by atoms with van der Waals surface area (Å²) in [4.78, 5) is 24.1. The molecule has 0 radical (unpaired) electrons. The molecule has 3 aromatic heterocycles. The Morgan fingerprint density at radius 1 is 1.09 bits per heavy atom. The van der Waals surface area contributed by atoms with E-state index in [0.717, 1.165) is 18.8 Å². The first-order valence-corrected chi connectivity index (χ1v) is 10.7. The number of anilines is 5. The number of nitrogens with zero attached hydrogens (tertiary/aromatic N) is 4. The maximum Gasteiger partial charge on any atom is 0.277 e. The number of aromatic amines is 1. The minimum absolute atomic E-state index is 0.0588. The van der Waals surface area contributed by atoms with Crippen molar-refractivity contribution < 1.29 is 9.13 Å². The van der Waals surface area contributed by atoms with Gasteiger partial charge in [-0.25, -0.2) is 14.4 Å². The summed E-state index contributed by atoms with van der Waals surface area (Å²) >= 11 is 0. The number of methoxy groups -OCH3 is 1. The van der Waals surface area contributed by atoms with E-state index in [1.807, 2.05) is 18.3 Å². The Balaban J connectivity index is 1.50. The summed E-state index contributed by atoms with van der Waals surface area (Å²) < 4.78 is 20.7. The van der Waals surface area contributed by atoms with E-state index in [2.05, 4.69) is 30.6 Å². The van der Waals surface area contributed by atoms with Gasteiger partial charge in [-0.05, 0) is 37.1 Å². The van der Waals surface area contributed by atoms with E-state index >= 15 is 0 Å². The highest BCUT2D eigenvalue weighted by Crippen LogP contribution is 2.33. The molecule has 5 rings (SSSR count). The van der Waals surface area contributed by atoms with Crippen LogP contribution in [-0.2, 0) is 7.05 Å². The van der Waals surface area contributed by atoms with Gasteiger partial charge in [0.25, 0.3) is 5.56 Å². The lowest BCUT2D eigenvalue weighted by Gasteiger charge is -2.17. The van der Waals surface area contributed by atoms with E-state index in [1.54, 1.807) is 25.2 Å². The second-order valence-corrected chi connectivity index (χ2v) is 7.92. The number of hydrogen-bond donors (Lipinski definition) is 3. The third-order valence-corrected chi connectivity index (χ3v) is 5.73. The van der Waals surface area contributed by atoms with Crippen molar-refractivity contribution in [2.45, 2.75) is 12.8 Å². The largest absolute Gasteiger partial charge is 0.492 e. The Kier molecular flexibility index (Phi) is 5.33. The molecule has 1 saturated heterocycles. The van der Waals surface area contributed by atoms with E-state index in [-0.39, 0.29) is 11.3 Å². The SMILES string of the molecule is COc1c(F)cccc1Nc1cc(Nc2ccc(N3CCCC3)cn2)nc2[nH]n(C)c(=O)c12. The van der Waals surface area contributed by atoms with E-state index in [4.69, 9.17) is 4.74 Å². The summed E-state index contributed by atoms with van der Waals surface area (Å²) in [5.74, 6) is 0.653. The highest BCUT2D eigenvalue weighted by molar-refractivity contribution is 5.93. The molecule has 0 bridgehead atoms. The van der Waals surface area contributed by atoms with Crippen molar-refractivity contribution in [1.82, 2.24) is 19.7 Å². The monoisotopic (exact) mass is 449 g/mol. The Morgan fingerprint density at radius 2 is 1.91 bits per heavy atom. The molecule has 1 fully saturated rings. The molecule has 0 spiro atoms. The zero-order valence-corrected chi connectivity index (χ0v) is 18.4. The number of H-pyrrole nitrogens is 1. The number of aryl methyl sites for hydroxylation is 1. The second kappa shape index (κ2) is 8.45. The Labute approximate surface area is 189 Å². The Bertz CT molecular complexity index is 1360. The zero-order valence-electron chi connectivity index (χ0n) is 18.4. The lowest BCUT2D eigenvalue weighted by molar-refractivity contribution is 0.388. The van der Waals surface area contributed by atoms with Gasteiger partial charge >= 0.3 is 0 Å². The summed E-state index contributed by atoms with van der Waals surface area (Å²) in [6, 6.07) is 10.2. The number of nitrogens with one attached hydrogen (secondary N) is 3. The van der Waals surface area contributed by atoms with Crippen LogP contribution in [0.5, 0.6) is 5.75 Å². The van der Waals surface area contributed by atoms with E-state index in [9.17, 15) is 9.18 Å². The third kappa shape index (κ3) is 3.95. The molecule has 170 valence electrons. The molecule has 4 heterocycles. The van der Waals surface area contributed by atoms with Crippen LogP contribution in [0.25, 0.3) is 11.0 Å². The van der Waals surface area contributed by atoms with Gasteiger partial charge in [-0.15, -0.1) is 0 Å². The van der Waals surface area contributed by atoms with Gasteiger partial charge in [0.15, 0.2) is 17.2 Å². The molecule has 3 N–H and O–H groups in total. The third-order valence-electron chi connectivity index (χ3n) is 5.73. The van der Waals surface area contributed by atoms with Gasteiger partial charge in [0.1, 0.15) is 17.0 Å². The number of rotatable bonds is 6. The molecule has 0 amide bonds. The lowest BCUT2D eigenvalue weighted by atomic mass is 10.2. The van der Waals surface area contributed by atoms with Crippen molar-refractivity contribution in [2.24, 2.45) is 7.05 Å². The minimum atomic E-state index is -0.504. The van der Waals surface area contributed by atoms with Gasteiger partial charge in [0, 0.05) is 26.2 Å². The molecule has 0 aliphatic carbocycles. The predicted molar refractivity (Wildman–Crippen MR) is 127 cm³/mol. The molecule has 10 heteroatoms. The molecule has 33 heavy (non-hydrogen) atoms. The smallest absolute Gasteiger partial charge is 0.277 e. The van der Waals surface area contributed by atoms with Crippen LogP contribution >= 0.6 is 0 Å². The van der Waals surface area contributed by atoms with Crippen molar-refractivity contribution in [3.8, 4) is 5.75 Å². The predicted octanol–water partition coefficient (Wildman–Crippen LogP) is 3.89. The van der Waals surface area contributed by atoms with Crippen LogP contribution in [0.2, 0.25) is 0 Å². The number of fused-ring (bicyclic) bond motifs is 1. The van der Waals surface area contributed by atoms with E-state index < -0.39 is 5.82 Å². The minimum Gasteiger partial charge on any atom is -0.492 e. The summed E-state index contributed by atoms with van der Waals surface area (Å²) in [6.45, 7) is 2.10. The normalized spacial score (nSPS) is 13.5. The quantitative estimate of drug-likeness (QED) is 0.411. The number of benzene rings is 1. The lowest BCUT2D eigenvalue weighted by Crippen LogP contribution is -2.17. The average molecular weight is 449 g/mol. The van der Waals surface area contributed by atoms with Crippen LogP contribution in [-0.4, -0.2) is 39.9 Å². The molecular formula is C23H24FN7O2. The van der Waals surface area contributed by atoms with Crippen LogP contribution in [0.3, 0.4) is 0 Å². The van der Waals surface area contributed by atoms with Crippen LogP contribution in [0.1, 0.15) is 12.8 Å². The van der Waals surface area contributed by atoms with Gasteiger partial charge in [0.2, 0.25) is 0 Å². The molecule has 0 atom stereocenters. The molecule has 1 aromatic carbocycles. The highest BCUT2D eigenvalue weighted by Gasteiger charge is 2.17. The van der Waals surface area contributed by atoms with Crippen molar-refractivity contribution in [3.05, 3.63) is 58.8 Å². The Morgan fingerprint density at radius 3 is 2.64 bits per heavy atom. The molecular weight excluding hydrogens is 425 g/mol. The van der Waals surface area contributed by atoms with Gasteiger partial charge in [-0.2, -0.15) is 0 Å². The first kappa shape index (κ1) is 20.8. The summed E-state index contributed by atoms with van der Waals surface area (Å²) in [6.07, 6.45) is 4.24. The molecule has 0 unspecified atom stereocenters. The van der Waals surface area contributed by atoms with Crippen molar-refractivity contribution >= 4 is 39.7 Å². The maximum absolute atomic E-state index is 14.2. The molecule has 1 aliphatic heterocycles. The summed E-state index contributed by atoms with van der Waals surface area (Å²) in [7, 11) is 3.01. The summed E-state index contributed by atoms with van der Waals surface area (Å²) in [5, 5.41) is 9.62. The van der Waals surface area contributed by atoms with Crippen molar-refractivity contribution in [3.63, 3.8) is 0 Å². The van der Waals surface area contributed by atoms with E-state index in [1.165, 1.54) is 30.7 Å². The fourth-order valence-corrected chi connectivity index (χ4v) is 4.10. The van der Waals surface area contributed by atoms with Crippen LogP contribution < -0.4 is 25.8 Å². The van der Waals surface area contributed by atoms with Gasteiger partial charge in [-0.3, -0.25) is 14.6 Å². The van der Waals surface area contributed by atoms with Gasteiger partial charge in [-0.1, -0.05) is 6.07 Å². The summed E-state index contributed by atoms with van der Waals surface area (Å²) in [5.41, 5.74) is 2.08. The van der Waals surface area contributed by atoms with Crippen LogP contribution in [0.4, 0.5) is 33.1 Å². The number of para-hydroxylation sites is 1. The number of hydrogen-bond acceptors (Lipinski definition) is 7. The number of aromatic nitrogens is 4. The number of halogens is 1. The second-order valence-electron chi connectivity index (χ2n) is 7.92. The fraction of sp³-hybridized carbons (Fsp3) is 0.261. The topological polar surface area (TPSA) is 100 Å². The maximum atomic E-state index is 14.2. The molecule has 0 saturated carbocycles. The average Bonchev–Trinajstić information content (AvgIpc) is 3.43. The molecule has 9 nitrogen and oxygen atoms in total. The Hall–Kier alpha value is -4.08. The van der Waals surface area contributed by atoms with Crippen LogP contribution in [0, 0.1) is 5.82 Å². The van der Waals surface area contributed by atoms with E-state index in [0.29, 0.717) is 34.0 Å². The first-order chi connectivity index (χ1) is 16.0. The standard InChI is InChI=1S/C23H24FN7O2/c1-30-23(32)20-17(26-16-7-5-6-15(24)21(16)33-2)12-19(28-22(20)29-30)27-18-9-8-14(13-25-18)31-10-3-4-11-31/h5-9,12-13H,3-4,10-11H2,1-2H3,(H3,25,26,27,28,29). The van der Waals surface area contributed by atoms with Gasteiger partial charge < -0.3 is 20.3 Å². The van der Waals surface area contributed by atoms with Gasteiger partial charge in [0.05, 0.1) is 30.4 Å². The molecule has 4 aromatic rings. The first-order valence-electron chi connectivity index (χ1n) is 10.7. The zero-order chi connectivity index (χ0) is 22.9.